The Bertz CT molecular complexity index is 958. The zero-order valence-electron chi connectivity index (χ0n) is 15.7. The molecule has 3 aromatic rings. The van der Waals surface area contributed by atoms with E-state index in [9.17, 15) is 4.39 Å². The predicted molar refractivity (Wildman–Crippen MR) is 102 cm³/mol. The van der Waals surface area contributed by atoms with Crippen molar-refractivity contribution in [1.82, 2.24) is 29.8 Å². The van der Waals surface area contributed by atoms with Crippen molar-refractivity contribution in [2.45, 2.75) is 32.0 Å². The van der Waals surface area contributed by atoms with Gasteiger partial charge in [0.1, 0.15) is 23.9 Å². The molecule has 0 saturated carbocycles. The molecule has 2 saturated heterocycles. The molecule has 0 spiro atoms. The molecule has 9 nitrogen and oxygen atoms in total. The smallest absolute Gasteiger partial charge is 0.243 e. The van der Waals surface area contributed by atoms with E-state index in [0.717, 1.165) is 36.5 Å². The number of halogens is 1. The number of aromatic nitrogens is 6. The van der Waals surface area contributed by atoms with Crippen molar-refractivity contribution in [3.05, 3.63) is 18.7 Å². The number of nitrogens with one attached hydrogen (secondary N) is 2. The van der Waals surface area contributed by atoms with E-state index in [-0.39, 0.29) is 12.6 Å². The zero-order chi connectivity index (χ0) is 19.1. The van der Waals surface area contributed by atoms with Gasteiger partial charge in [-0.05, 0) is 18.8 Å². The molecular weight excluding hydrogens is 363 g/mol. The maximum absolute atomic E-state index is 14.1. The average Bonchev–Trinajstić information content (AvgIpc) is 3.43. The summed E-state index contributed by atoms with van der Waals surface area (Å²) < 4.78 is 21.0. The van der Waals surface area contributed by atoms with E-state index in [2.05, 4.69) is 37.4 Å². The minimum absolute atomic E-state index is 0.105. The SMILES string of the molecule is C[C@@H]1CCN(c2c(-c3cn[nH]c3)ncn3nc(N[C@H]4CCOC[C@H]4F)nc23)C1. The fraction of sp³-hybridized carbons (Fsp3) is 0.556. The lowest BCUT2D eigenvalue weighted by Crippen LogP contribution is -2.39. The lowest BCUT2D eigenvalue weighted by Gasteiger charge is -2.26. The molecule has 148 valence electrons. The molecule has 0 aliphatic carbocycles. The van der Waals surface area contributed by atoms with Crippen LogP contribution in [0.1, 0.15) is 19.8 Å². The van der Waals surface area contributed by atoms with Crippen LogP contribution in [0.5, 0.6) is 0 Å². The Morgan fingerprint density at radius 1 is 1.36 bits per heavy atom. The Morgan fingerprint density at radius 3 is 3.04 bits per heavy atom. The number of ether oxygens (including phenoxy) is 1. The van der Waals surface area contributed by atoms with Gasteiger partial charge in [-0.3, -0.25) is 5.10 Å². The first-order valence-electron chi connectivity index (χ1n) is 9.67. The maximum Gasteiger partial charge on any atom is 0.243 e. The molecule has 2 aliphatic rings. The summed E-state index contributed by atoms with van der Waals surface area (Å²) in [4.78, 5) is 11.6. The molecule has 10 heteroatoms. The number of anilines is 2. The second kappa shape index (κ2) is 7.01. The molecule has 5 heterocycles. The highest BCUT2D eigenvalue weighted by Crippen LogP contribution is 2.35. The van der Waals surface area contributed by atoms with Gasteiger partial charge in [0, 0.05) is 31.5 Å². The van der Waals surface area contributed by atoms with E-state index < -0.39 is 6.17 Å². The Labute approximate surface area is 161 Å². The highest BCUT2D eigenvalue weighted by atomic mass is 19.1. The molecule has 3 aromatic heterocycles. The minimum atomic E-state index is -1.07. The van der Waals surface area contributed by atoms with Crippen molar-refractivity contribution >= 4 is 17.3 Å². The quantitative estimate of drug-likeness (QED) is 0.707. The number of alkyl halides is 1. The molecule has 2 aliphatic heterocycles. The normalized spacial score (nSPS) is 25.5. The van der Waals surface area contributed by atoms with Crippen LogP contribution in [0.25, 0.3) is 16.9 Å². The first kappa shape index (κ1) is 17.4. The topological polar surface area (TPSA) is 96.3 Å². The number of H-pyrrole nitrogens is 1. The van der Waals surface area contributed by atoms with E-state index in [1.165, 1.54) is 0 Å². The van der Waals surface area contributed by atoms with E-state index in [1.54, 1.807) is 17.0 Å². The van der Waals surface area contributed by atoms with Crippen LogP contribution in [0, 0.1) is 5.92 Å². The molecule has 0 radical (unpaired) electrons. The van der Waals surface area contributed by atoms with Gasteiger partial charge in [0.25, 0.3) is 0 Å². The second-order valence-electron chi connectivity index (χ2n) is 7.60. The van der Waals surface area contributed by atoms with Gasteiger partial charge in [0.15, 0.2) is 5.65 Å². The van der Waals surface area contributed by atoms with Crippen LogP contribution in [0.4, 0.5) is 16.0 Å². The maximum atomic E-state index is 14.1. The van der Waals surface area contributed by atoms with Gasteiger partial charge in [-0.2, -0.15) is 14.6 Å². The fourth-order valence-corrected chi connectivity index (χ4v) is 3.96. The summed E-state index contributed by atoms with van der Waals surface area (Å²) in [5.74, 6) is 1.02. The Balaban J connectivity index is 1.56. The molecule has 5 rings (SSSR count). The first-order valence-corrected chi connectivity index (χ1v) is 9.67. The number of hydrogen-bond acceptors (Lipinski definition) is 7. The molecule has 0 amide bonds. The van der Waals surface area contributed by atoms with Crippen molar-refractivity contribution in [3.8, 4) is 11.3 Å². The molecule has 0 unspecified atom stereocenters. The zero-order valence-corrected chi connectivity index (χ0v) is 15.7. The van der Waals surface area contributed by atoms with Gasteiger partial charge in [-0.25, -0.2) is 9.37 Å². The number of rotatable bonds is 4. The number of hydrogen-bond donors (Lipinski definition) is 2. The highest BCUT2D eigenvalue weighted by Gasteiger charge is 2.29. The number of aromatic amines is 1. The standard InChI is InChI=1S/C18H23FN8O/c1-11-2-4-26(8-11)16-15(12-6-21-22-7-12)20-10-27-17(16)24-18(25-27)23-14-3-5-28-9-13(14)19/h6-7,10-11,13-14H,2-5,8-9H2,1H3,(H,21,22)(H,23,25)/t11-,13-,14+/m1/s1. The van der Waals surface area contributed by atoms with E-state index in [1.807, 2.05) is 6.20 Å². The highest BCUT2D eigenvalue weighted by molar-refractivity contribution is 5.85. The van der Waals surface area contributed by atoms with Gasteiger partial charge in [0.05, 0.1) is 18.8 Å². The molecule has 28 heavy (non-hydrogen) atoms. The van der Waals surface area contributed by atoms with Crippen LogP contribution in [0.3, 0.4) is 0 Å². The van der Waals surface area contributed by atoms with Crippen molar-refractivity contribution in [2.24, 2.45) is 5.92 Å². The van der Waals surface area contributed by atoms with Gasteiger partial charge >= 0.3 is 0 Å². The Morgan fingerprint density at radius 2 is 2.29 bits per heavy atom. The Hall–Kier alpha value is -2.75. The average molecular weight is 386 g/mol. The van der Waals surface area contributed by atoms with Crippen LogP contribution >= 0.6 is 0 Å². The van der Waals surface area contributed by atoms with Gasteiger partial charge in [0.2, 0.25) is 5.95 Å². The molecule has 2 N–H and O–H groups in total. The van der Waals surface area contributed by atoms with Crippen LogP contribution in [-0.2, 0) is 4.74 Å². The van der Waals surface area contributed by atoms with Crippen molar-refractivity contribution in [2.75, 3.05) is 36.5 Å². The summed E-state index contributed by atoms with van der Waals surface area (Å²) in [6, 6.07) is -0.345. The number of fused-ring (bicyclic) bond motifs is 1. The largest absolute Gasteiger partial charge is 0.378 e. The lowest BCUT2D eigenvalue weighted by molar-refractivity contribution is 0.0284. The monoisotopic (exact) mass is 386 g/mol. The molecule has 0 bridgehead atoms. The van der Waals surface area contributed by atoms with Crippen LogP contribution < -0.4 is 10.2 Å². The summed E-state index contributed by atoms with van der Waals surface area (Å²) >= 11 is 0. The third-order valence-corrected chi connectivity index (χ3v) is 5.48. The van der Waals surface area contributed by atoms with Gasteiger partial charge < -0.3 is 15.0 Å². The minimum Gasteiger partial charge on any atom is -0.378 e. The second-order valence-corrected chi connectivity index (χ2v) is 7.60. The first-order chi connectivity index (χ1) is 13.7. The molecule has 3 atom stereocenters. The van der Waals surface area contributed by atoms with Crippen LogP contribution in [-0.4, -0.2) is 68.3 Å². The van der Waals surface area contributed by atoms with Crippen LogP contribution in [0.15, 0.2) is 18.7 Å². The van der Waals surface area contributed by atoms with Crippen LogP contribution in [0.2, 0.25) is 0 Å². The summed E-state index contributed by atoms with van der Waals surface area (Å²) in [7, 11) is 0. The van der Waals surface area contributed by atoms with Gasteiger partial charge in [-0.1, -0.05) is 6.92 Å². The fourth-order valence-electron chi connectivity index (χ4n) is 3.96. The Kier molecular flexibility index (Phi) is 4.34. The summed E-state index contributed by atoms with van der Waals surface area (Å²) in [6.07, 6.45) is 5.87. The summed E-state index contributed by atoms with van der Waals surface area (Å²) in [5, 5.41) is 14.5. The molecule has 2 fully saturated rings. The molecular formula is C18H23FN8O. The van der Waals surface area contributed by atoms with Gasteiger partial charge in [-0.15, -0.1) is 5.10 Å². The third kappa shape index (κ3) is 3.07. The molecule has 0 aromatic carbocycles. The summed E-state index contributed by atoms with van der Waals surface area (Å²) in [5.41, 5.74) is 3.38. The van der Waals surface area contributed by atoms with E-state index >= 15 is 0 Å². The van der Waals surface area contributed by atoms with Crippen molar-refractivity contribution < 1.29 is 9.13 Å². The third-order valence-electron chi connectivity index (χ3n) is 5.48. The van der Waals surface area contributed by atoms with E-state index in [0.29, 0.717) is 30.5 Å². The van der Waals surface area contributed by atoms with Crippen molar-refractivity contribution in [3.63, 3.8) is 0 Å². The lowest BCUT2D eigenvalue weighted by atomic mass is 10.1. The van der Waals surface area contributed by atoms with Crippen molar-refractivity contribution in [1.29, 1.82) is 0 Å². The van der Waals surface area contributed by atoms with E-state index in [4.69, 9.17) is 9.72 Å². The predicted octanol–water partition coefficient (Wildman–Crippen LogP) is 1.90. The summed E-state index contributed by atoms with van der Waals surface area (Å²) in [6.45, 7) is 4.76. The number of nitrogens with zero attached hydrogens (tertiary/aromatic N) is 6.